The lowest BCUT2D eigenvalue weighted by molar-refractivity contribution is 0.556. The molecule has 94 valence electrons. The van der Waals surface area contributed by atoms with Crippen molar-refractivity contribution in [1.29, 1.82) is 0 Å². The van der Waals surface area contributed by atoms with Crippen LogP contribution >= 0.6 is 0 Å². The van der Waals surface area contributed by atoms with Gasteiger partial charge in [-0.3, -0.25) is 0 Å². The van der Waals surface area contributed by atoms with Gasteiger partial charge in [-0.1, -0.05) is 24.3 Å². The van der Waals surface area contributed by atoms with Crippen molar-refractivity contribution in [3.8, 4) is 0 Å². The van der Waals surface area contributed by atoms with Crippen LogP contribution in [0.25, 0.3) is 0 Å². The van der Waals surface area contributed by atoms with Crippen LogP contribution in [0, 0.1) is 11.6 Å². The fourth-order valence-electron chi connectivity index (χ4n) is 1.57. The maximum Gasteiger partial charge on any atom is 0.182 e. The predicted octanol–water partition coefficient (Wildman–Crippen LogP) is 2.94. The minimum atomic E-state index is -3.74. The van der Waals surface area contributed by atoms with Gasteiger partial charge in [-0.05, 0) is 24.3 Å². The summed E-state index contributed by atoms with van der Waals surface area (Å²) in [6, 6.07) is 10.9. The van der Waals surface area contributed by atoms with Crippen molar-refractivity contribution in [3.05, 3.63) is 65.7 Å². The maximum absolute atomic E-state index is 13.4. The molecule has 0 aromatic heterocycles. The Morgan fingerprint density at radius 2 is 1.39 bits per heavy atom. The van der Waals surface area contributed by atoms with E-state index < -0.39 is 32.8 Å². The second-order valence-electron chi connectivity index (χ2n) is 3.77. The molecule has 0 spiro atoms. The number of halogens is 2. The SMILES string of the molecule is O=S(=O)(Cc1c(F)cccc1F)c1ccccc1. The molecule has 0 saturated carbocycles. The summed E-state index contributed by atoms with van der Waals surface area (Å²) in [6.07, 6.45) is 0. The van der Waals surface area contributed by atoms with E-state index in [9.17, 15) is 17.2 Å². The lowest BCUT2D eigenvalue weighted by Crippen LogP contribution is -2.08. The van der Waals surface area contributed by atoms with E-state index in [0.717, 1.165) is 12.1 Å². The number of hydrogen-bond acceptors (Lipinski definition) is 2. The minimum absolute atomic E-state index is 0.0488. The van der Waals surface area contributed by atoms with E-state index in [-0.39, 0.29) is 4.90 Å². The number of hydrogen-bond donors (Lipinski definition) is 0. The second kappa shape index (κ2) is 4.86. The molecule has 0 saturated heterocycles. The number of rotatable bonds is 3. The molecule has 0 radical (unpaired) electrons. The molecule has 0 aliphatic carbocycles. The van der Waals surface area contributed by atoms with Crippen molar-refractivity contribution in [1.82, 2.24) is 0 Å². The van der Waals surface area contributed by atoms with Crippen LogP contribution < -0.4 is 0 Å². The first-order valence-electron chi connectivity index (χ1n) is 5.21. The van der Waals surface area contributed by atoms with Crippen molar-refractivity contribution in [2.75, 3.05) is 0 Å². The molecule has 0 atom stereocenters. The first kappa shape index (κ1) is 12.7. The molecule has 2 aromatic rings. The Labute approximate surface area is 104 Å². The van der Waals surface area contributed by atoms with E-state index in [2.05, 4.69) is 0 Å². The molecule has 5 heteroatoms. The first-order chi connectivity index (χ1) is 8.50. The Morgan fingerprint density at radius 3 is 1.94 bits per heavy atom. The van der Waals surface area contributed by atoms with Crippen LogP contribution in [0.3, 0.4) is 0 Å². The molecule has 0 aliphatic heterocycles. The van der Waals surface area contributed by atoms with Crippen molar-refractivity contribution < 1.29 is 17.2 Å². The average molecular weight is 268 g/mol. The Kier molecular flexibility index (Phi) is 3.43. The number of sulfone groups is 1. The summed E-state index contributed by atoms with van der Waals surface area (Å²) in [4.78, 5) is 0.0488. The topological polar surface area (TPSA) is 34.1 Å². The van der Waals surface area contributed by atoms with Gasteiger partial charge in [0.15, 0.2) is 9.84 Å². The quantitative estimate of drug-likeness (QED) is 0.857. The van der Waals surface area contributed by atoms with Gasteiger partial charge in [0.25, 0.3) is 0 Å². The lowest BCUT2D eigenvalue weighted by atomic mass is 10.2. The Balaban J connectivity index is 2.41. The van der Waals surface area contributed by atoms with E-state index >= 15 is 0 Å². The molecule has 0 N–H and O–H groups in total. The van der Waals surface area contributed by atoms with Gasteiger partial charge in [-0.15, -0.1) is 0 Å². The normalized spacial score (nSPS) is 11.4. The molecule has 2 rings (SSSR count). The molecule has 0 amide bonds. The highest BCUT2D eigenvalue weighted by atomic mass is 32.2. The summed E-state index contributed by atoms with van der Waals surface area (Å²) >= 11 is 0. The van der Waals surface area contributed by atoms with Gasteiger partial charge in [0.05, 0.1) is 10.6 Å². The van der Waals surface area contributed by atoms with E-state index in [1.54, 1.807) is 18.2 Å². The van der Waals surface area contributed by atoms with Crippen LogP contribution in [-0.2, 0) is 15.6 Å². The smallest absolute Gasteiger partial charge is 0.182 e. The fraction of sp³-hybridized carbons (Fsp3) is 0.0769. The van der Waals surface area contributed by atoms with Crippen LogP contribution in [0.15, 0.2) is 53.4 Å². The van der Waals surface area contributed by atoms with Crippen molar-refractivity contribution in [2.24, 2.45) is 0 Å². The van der Waals surface area contributed by atoms with Crippen LogP contribution in [0.4, 0.5) is 8.78 Å². The lowest BCUT2D eigenvalue weighted by Gasteiger charge is -2.06. The summed E-state index contributed by atoms with van der Waals surface area (Å²) in [5.74, 6) is -2.39. The molecular formula is C13H10F2O2S. The largest absolute Gasteiger partial charge is 0.223 e. The molecule has 18 heavy (non-hydrogen) atoms. The van der Waals surface area contributed by atoms with E-state index in [4.69, 9.17) is 0 Å². The third kappa shape index (κ3) is 2.56. The summed E-state index contributed by atoms with van der Waals surface area (Å²) in [5.41, 5.74) is -0.429. The molecule has 2 nitrogen and oxygen atoms in total. The zero-order chi connectivity index (χ0) is 13.2. The van der Waals surface area contributed by atoms with Gasteiger partial charge in [0, 0.05) is 5.56 Å². The average Bonchev–Trinajstić information content (AvgIpc) is 2.35. The monoisotopic (exact) mass is 268 g/mol. The van der Waals surface area contributed by atoms with Crippen LogP contribution in [0.2, 0.25) is 0 Å². The summed E-state index contributed by atoms with van der Waals surface area (Å²) < 4.78 is 50.7. The third-order valence-corrected chi connectivity index (χ3v) is 4.16. The summed E-state index contributed by atoms with van der Waals surface area (Å²) in [7, 11) is -3.74. The molecule has 0 unspecified atom stereocenters. The zero-order valence-corrected chi connectivity index (χ0v) is 10.1. The molecule has 0 bridgehead atoms. The first-order valence-corrected chi connectivity index (χ1v) is 6.86. The highest BCUT2D eigenvalue weighted by Crippen LogP contribution is 2.20. The standard InChI is InChI=1S/C13H10F2O2S/c14-12-7-4-8-13(15)11(12)9-18(16,17)10-5-2-1-3-6-10/h1-8H,9H2. The molecular weight excluding hydrogens is 258 g/mol. The zero-order valence-electron chi connectivity index (χ0n) is 9.31. The summed E-state index contributed by atoms with van der Waals surface area (Å²) in [5, 5.41) is 0. The van der Waals surface area contributed by atoms with Gasteiger partial charge in [0.1, 0.15) is 11.6 Å². The van der Waals surface area contributed by atoms with E-state index in [1.807, 2.05) is 0 Å². The van der Waals surface area contributed by atoms with E-state index in [1.165, 1.54) is 18.2 Å². The molecule has 0 aliphatic rings. The molecule has 0 heterocycles. The van der Waals surface area contributed by atoms with Gasteiger partial charge >= 0.3 is 0 Å². The second-order valence-corrected chi connectivity index (χ2v) is 5.76. The molecule has 2 aromatic carbocycles. The van der Waals surface area contributed by atoms with Crippen LogP contribution in [0.5, 0.6) is 0 Å². The maximum atomic E-state index is 13.4. The van der Waals surface area contributed by atoms with E-state index in [0.29, 0.717) is 0 Å². The van der Waals surface area contributed by atoms with Gasteiger partial charge in [-0.2, -0.15) is 0 Å². The number of benzene rings is 2. The molecule has 0 fully saturated rings. The fourth-order valence-corrected chi connectivity index (χ4v) is 2.97. The van der Waals surface area contributed by atoms with Gasteiger partial charge in [0.2, 0.25) is 0 Å². The van der Waals surface area contributed by atoms with Crippen LogP contribution in [0.1, 0.15) is 5.56 Å². The Morgan fingerprint density at radius 1 is 0.833 bits per heavy atom. The van der Waals surface area contributed by atoms with Crippen molar-refractivity contribution >= 4 is 9.84 Å². The minimum Gasteiger partial charge on any atom is -0.223 e. The summed E-state index contributed by atoms with van der Waals surface area (Å²) in [6.45, 7) is 0. The Hall–Kier alpha value is -1.75. The van der Waals surface area contributed by atoms with Crippen molar-refractivity contribution in [3.63, 3.8) is 0 Å². The van der Waals surface area contributed by atoms with Gasteiger partial charge in [-0.25, -0.2) is 17.2 Å². The highest BCUT2D eigenvalue weighted by molar-refractivity contribution is 7.90. The highest BCUT2D eigenvalue weighted by Gasteiger charge is 2.19. The Bertz CT molecular complexity index is 632. The third-order valence-electron chi connectivity index (χ3n) is 2.50. The predicted molar refractivity (Wildman–Crippen MR) is 63.7 cm³/mol. The van der Waals surface area contributed by atoms with Gasteiger partial charge < -0.3 is 0 Å². The van der Waals surface area contributed by atoms with Crippen molar-refractivity contribution in [2.45, 2.75) is 10.6 Å². The van der Waals surface area contributed by atoms with Crippen LogP contribution in [-0.4, -0.2) is 8.42 Å².